The number of rotatable bonds is 3. The Kier molecular flexibility index (Phi) is 4.47. The van der Waals surface area contributed by atoms with E-state index in [2.05, 4.69) is 38.3 Å². The van der Waals surface area contributed by atoms with E-state index in [1.807, 2.05) is 6.07 Å². The summed E-state index contributed by atoms with van der Waals surface area (Å²) < 4.78 is 1.00. The highest BCUT2D eigenvalue weighted by Crippen LogP contribution is 2.28. The van der Waals surface area contributed by atoms with Crippen molar-refractivity contribution in [1.29, 1.82) is 0 Å². The number of halogens is 2. The lowest BCUT2D eigenvalue weighted by atomic mass is 10.0. The minimum Gasteiger partial charge on any atom is -0.312 e. The van der Waals surface area contributed by atoms with Gasteiger partial charge in [0.2, 0.25) is 0 Å². The highest BCUT2D eigenvalue weighted by molar-refractivity contribution is 9.10. The van der Waals surface area contributed by atoms with E-state index in [0.717, 1.165) is 22.1 Å². The molecule has 0 aromatic heterocycles. The molecule has 2 fully saturated rings. The van der Waals surface area contributed by atoms with E-state index in [1.54, 1.807) is 0 Å². The Morgan fingerprint density at radius 3 is 2.95 bits per heavy atom. The number of likely N-dealkylation sites (tertiary alicyclic amines) is 1. The summed E-state index contributed by atoms with van der Waals surface area (Å²) in [5.74, 6) is 0. The minimum absolute atomic E-state index is 0.707. The van der Waals surface area contributed by atoms with E-state index in [1.165, 1.54) is 44.3 Å². The Labute approximate surface area is 128 Å². The monoisotopic (exact) mass is 342 g/mol. The standard InChI is InChI=1S/C15H20BrClN2/c16-12-9-11(5-6-13(12)17)10-19-8-2-4-15(19)14-3-1-7-18-14/h5-6,9,14-15,18H,1-4,7-8,10H2. The molecule has 2 saturated heterocycles. The molecule has 0 radical (unpaired) electrons. The molecule has 1 aromatic rings. The number of nitrogens with one attached hydrogen (secondary N) is 1. The third-order valence-electron chi connectivity index (χ3n) is 4.35. The molecule has 2 heterocycles. The first-order valence-corrected chi connectivity index (χ1v) is 8.32. The van der Waals surface area contributed by atoms with Crippen molar-refractivity contribution in [2.75, 3.05) is 13.1 Å². The lowest BCUT2D eigenvalue weighted by Crippen LogP contribution is -2.43. The van der Waals surface area contributed by atoms with Crippen LogP contribution in [0.2, 0.25) is 5.02 Å². The summed E-state index contributed by atoms with van der Waals surface area (Å²) >= 11 is 9.57. The quantitative estimate of drug-likeness (QED) is 0.897. The van der Waals surface area contributed by atoms with Crippen LogP contribution < -0.4 is 5.32 Å². The molecule has 4 heteroatoms. The zero-order valence-corrected chi connectivity index (χ0v) is 13.4. The molecule has 1 N–H and O–H groups in total. The Balaban J connectivity index is 1.69. The first-order valence-electron chi connectivity index (χ1n) is 7.15. The van der Waals surface area contributed by atoms with Crippen LogP contribution in [-0.2, 0) is 6.54 Å². The fourth-order valence-electron chi connectivity index (χ4n) is 3.42. The lowest BCUT2D eigenvalue weighted by molar-refractivity contribution is 0.206. The van der Waals surface area contributed by atoms with Crippen molar-refractivity contribution in [3.05, 3.63) is 33.3 Å². The summed E-state index contributed by atoms with van der Waals surface area (Å²) in [6.45, 7) is 3.46. The molecule has 2 unspecified atom stereocenters. The number of hydrogen-bond acceptors (Lipinski definition) is 2. The van der Waals surface area contributed by atoms with E-state index < -0.39 is 0 Å². The van der Waals surface area contributed by atoms with Crippen LogP contribution in [0.4, 0.5) is 0 Å². The summed E-state index contributed by atoms with van der Waals surface area (Å²) in [6, 6.07) is 7.71. The first-order chi connectivity index (χ1) is 9.24. The van der Waals surface area contributed by atoms with Gasteiger partial charge in [0.05, 0.1) is 5.02 Å². The van der Waals surface area contributed by atoms with Crippen molar-refractivity contribution in [2.24, 2.45) is 0 Å². The molecule has 2 atom stereocenters. The van der Waals surface area contributed by atoms with Crippen LogP contribution in [0.3, 0.4) is 0 Å². The summed E-state index contributed by atoms with van der Waals surface area (Å²) in [6.07, 6.45) is 5.34. The molecule has 0 saturated carbocycles. The average molecular weight is 344 g/mol. The Morgan fingerprint density at radius 1 is 1.32 bits per heavy atom. The highest BCUT2D eigenvalue weighted by atomic mass is 79.9. The SMILES string of the molecule is Clc1ccc(CN2CCCC2C2CCCN2)cc1Br. The second-order valence-corrected chi connectivity index (χ2v) is 6.89. The van der Waals surface area contributed by atoms with E-state index in [-0.39, 0.29) is 0 Å². The number of hydrogen-bond donors (Lipinski definition) is 1. The van der Waals surface area contributed by atoms with Gasteiger partial charge in [-0.3, -0.25) is 4.90 Å². The van der Waals surface area contributed by atoms with Crippen molar-refractivity contribution in [2.45, 2.75) is 44.3 Å². The molecule has 0 amide bonds. The van der Waals surface area contributed by atoms with Crippen LogP contribution in [0.25, 0.3) is 0 Å². The highest BCUT2D eigenvalue weighted by Gasteiger charge is 2.32. The third kappa shape index (κ3) is 3.15. The summed E-state index contributed by atoms with van der Waals surface area (Å²) in [5, 5.41) is 4.45. The first kappa shape index (κ1) is 13.9. The van der Waals surface area contributed by atoms with Gasteiger partial charge in [0.15, 0.2) is 0 Å². The van der Waals surface area contributed by atoms with Crippen LogP contribution in [-0.4, -0.2) is 30.1 Å². The van der Waals surface area contributed by atoms with Gasteiger partial charge in [0.1, 0.15) is 0 Å². The normalized spacial score (nSPS) is 28.1. The third-order valence-corrected chi connectivity index (χ3v) is 5.56. The van der Waals surface area contributed by atoms with Gasteiger partial charge in [-0.25, -0.2) is 0 Å². The minimum atomic E-state index is 0.707. The van der Waals surface area contributed by atoms with Crippen molar-refractivity contribution in [3.63, 3.8) is 0 Å². The van der Waals surface area contributed by atoms with Gasteiger partial charge in [-0.15, -0.1) is 0 Å². The van der Waals surface area contributed by atoms with Crippen molar-refractivity contribution in [3.8, 4) is 0 Å². The van der Waals surface area contributed by atoms with Crippen LogP contribution in [0.5, 0.6) is 0 Å². The maximum atomic E-state index is 6.06. The molecule has 104 valence electrons. The maximum absolute atomic E-state index is 6.06. The van der Waals surface area contributed by atoms with Gasteiger partial charge in [-0.1, -0.05) is 17.7 Å². The molecule has 19 heavy (non-hydrogen) atoms. The average Bonchev–Trinajstić information content (AvgIpc) is 3.04. The van der Waals surface area contributed by atoms with Crippen molar-refractivity contribution < 1.29 is 0 Å². The van der Waals surface area contributed by atoms with E-state index in [0.29, 0.717) is 6.04 Å². The zero-order chi connectivity index (χ0) is 13.2. The van der Waals surface area contributed by atoms with Crippen molar-refractivity contribution in [1.82, 2.24) is 10.2 Å². The Hall–Kier alpha value is -0.0900. The summed E-state index contributed by atoms with van der Waals surface area (Å²) in [5.41, 5.74) is 1.35. The van der Waals surface area contributed by atoms with Crippen LogP contribution in [0.1, 0.15) is 31.2 Å². The number of benzene rings is 1. The molecule has 0 aliphatic carbocycles. The fourth-order valence-corrected chi connectivity index (χ4v) is 3.96. The molecular formula is C15H20BrClN2. The molecule has 2 nitrogen and oxygen atoms in total. The van der Waals surface area contributed by atoms with E-state index in [4.69, 9.17) is 11.6 Å². The maximum Gasteiger partial charge on any atom is 0.0548 e. The molecule has 2 aliphatic rings. The van der Waals surface area contributed by atoms with Gasteiger partial charge < -0.3 is 5.32 Å². The van der Waals surface area contributed by atoms with Gasteiger partial charge in [0, 0.05) is 23.1 Å². The summed E-state index contributed by atoms with van der Waals surface area (Å²) in [7, 11) is 0. The molecule has 0 bridgehead atoms. The largest absolute Gasteiger partial charge is 0.312 e. The predicted octanol–water partition coefficient (Wildman–Crippen LogP) is 3.82. The molecule has 3 rings (SSSR count). The number of nitrogens with zero attached hydrogens (tertiary/aromatic N) is 1. The van der Waals surface area contributed by atoms with Gasteiger partial charge in [-0.2, -0.15) is 0 Å². The molecule has 1 aromatic carbocycles. The second kappa shape index (κ2) is 6.13. The topological polar surface area (TPSA) is 15.3 Å². The van der Waals surface area contributed by atoms with Gasteiger partial charge in [0.25, 0.3) is 0 Å². The van der Waals surface area contributed by atoms with Gasteiger partial charge in [-0.05, 0) is 72.4 Å². The lowest BCUT2D eigenvalue weighted by Gasteiger charge is -2.29. The molecular weight excluding hydrogens is 324 g/mol. The Bertz CT molecular complexity index is 446. The van der Waals surface area contributed by atoms with Gasteiger partial charge >= 0.3 is 0 Å². The fraction of sp³-hybridized carbons (Fsp3) is 0.600. The molecule has 0 spiro atoms. The second-order valence-electron chi connectivity index (χ2n) is 5.63. The smallest absolute Gasteiger partial charge is 0.0548 e. The Morgan fingerprint density at radius 2 is 2.21 bits per heavy atom. The van der Waals surface area contributed by atoms with Crippen LogP contribution in [0, 0.1) is 0 Å². The van der Waals surface area contributed by atoms with Crippen LogP contribution >= 0.6 is 27.5 Å². The zero-order valence-electron chi connectivity index (χ0n) is 11.0. The van der Waals surface area contributed by atoms with E-state index >= 15 is 0 Å². The summed E-state index contributed by atoms with van der Waals surface area (Å²) in [4.78, 5) is 2.64. The predicted molar refractivity (Wildman–Crippen MR) is 83.6 cm³/mol. The molecule has 2 aliphatic heterocycles. The van der Waals surface area contributed by atoms with Crippen LogP contribution in [0.15, 0.2) is 22.7 Å². The van der Waals surface area contributed by atoms with Crippen molar-refractivity contribution >= 4 is 27.5 Å². The van der Waals surface area contributed by atoms with E-state index in [9.17, 15) is 0 Å².